The van der Waals surface area contributed by atoms with Gasteiger partial charge in [-0.25, -0.2) is 0 Å². The highest BCUT2D eigenvalue weighted by atomic mass is 13.3. The van der Waals surface area contributed by atoms with Crippen LogP contribution in [0.25, 0.3) is 0 Å². The van der Waals surface area contributed by atoms with E-state index in [0.29, 0.717) is 0 Å². The molecule has 0 amide bonds. The second kappa shape index (κ2) is 3.69. The summed E-state index contributed by atoms with van der Waals surface area (Å²) in [7, 11) is 3.02. The van der Waals surface area contributed by atoms with Crippen LogP contribution < -0.4 is 0 Å². The highest BCUT2D eigenvalue weighted by Gasteiger charge is 1.56. The summed E-state index contributed by atoms with van der Waals surface area (Å²) >= 11 is 0. The third-order valence-electron chi connectivity index (χ3n) is 0.354. The van der Waals surface area contributed by atoms with Crippen LogP contribution in [-0.2, 0) is 0 Å². The zero-order valence-corrected chi connectivity index (χ0v) is 3.71. The number of rotatable bonds is 0. The Morgan fingerprint density at radius 1 is 1.80 bits per heavy atom. The van der Waals surface area contributed by atoms with Gasteiger partial charge in [-0.15, -0.1) is 5.92 Å². The predicted octanol–water partition coefficient (Wildman–Crippen LogP) is -1.05. The molecule has 2 heteroatoms. The maximum absolute atomic E-state index is 2.86. The van der Waals surface area contributed by atoms with Gasteiger partial charge in [0.15, 0.2) is 7.17 Å². The molecular weight excluding hydrogens is 57.7 g/mol. The van der Waals surface area contributed by atoms with Gasteiger partial charge in [0.1, 0.15) is 0 Å². The van der Waals surface area contributed by atoms with Gasteiger partial charge >= 0.3 is 0 Å². The van der Waals surface area contributed by atoms with Crippen molar-refractivity contribution in [2.24, 2.45) is 0 Å². The van der Waals surface area contributed by atoms with Gasteiger partial charge in [-0.3, -0.25) is 0 Å². The standard InChI is InChI=1S/C3H6B2/c1-2-3-5-4/h5H,4H2,1H3. The molecule has 0 N–H and O–H groups in total. The third-order valence-corrected chi connectivity index (χ3v) is 0.354. The van der Waals surface area contributed by atoms with Crippen LogP contribution in [0, 0.1) is 11.7 Å². The number of hydrogen-bond acceptors (Lipinski definition) is 0. The zero-order chi connectivity index (χ0) is 4.12. The van der Waals surface area contributed by atoms with E-state index in [0.717, 1.165) is 7.17 Å². The van der Waals surface area contributed by atoms with E-state index < -0.39 is 0 Å². The second-order valence-corrected chi connectivity index (χ2v) is 0.780. The lowest BCUT2D eigenvalue weighted by molar-refractivity contribution is 1.93. The molecule has 0 heterocycles. The third kappa shape index (κ3) is 3.69. The smallest absolute Gasteiger partial charge is 0.171 e. The monoisotopic (exact) mass is 64.1 g/mol. The Morgan fingerprint density at radius 2 is 2.40 bits per heavy atom. The van der Waals surface area contributed by atoms with E-state index in [1.165, 1.54) is 0 Å². The van der Waals surface area contributed by atoms with Crippen molar-refractivity contribution in [2.45, 2.75) is 6.92 Å². The SMILES string of the molecule is BBC#CC. The molecule has 0 aliphatic carbocycles. The van der Waals surface area contributed by atoms with E-state index in [1.807, 2.05) is 14.7 Å². The molecule has 0 saturated heterocycles. The lowest BCUT2D eigenvalue weighted by Gasteiger charge is -1.53. The molecular formula is C3H6B2. The van der Waals surface area contributed by atoms with Crippen LogP contribution in [0.5, 0.6) is 0 Å². The van der Waals surface area contributed by atoms with Gasteiger partial charge in [0.2, 0.25) is 0 Å². The van der Waals surface area contributed by atoms with Crippen LogP contribution >= 0.6 is 0 Å². The Balaban J connectivity index is 2.81. The summed E-state index contributed by atoms with van der Waals surface area (Å²) in [6, 6.07) is 0. The topological polar surface area (TPSA) is 0 Å². The molecule has 0 aromatic heterocycles. The molecule has 0 rings (SSSR count). The largest absolute Gasteiger partial charge is 0.172 e. The van der Waals surface area contributed by atoms with Crippen LogP contribution in [0.2, 0.25) is 0 Å². The van der Waals surface area contributed by atoms with Crippen LogP contribution in [0.1, 0.15) is 6.92 Å². The summed E-state index contributed by atoms with van der Waals surface area (Å²) in [6.07, 6.45) is 0. The minimum atomic E-state index is 0.983. The maximum atomic E-state index is 2.86. The van der Waals surface area contributed by atoms with Crippen LogP contribution in [-0.4, -0.2) is 14.9 Å². The lowest BCUT2D eigenvalue weighted by Crippen LogP contribution is -1.77. The molecule has 0 nitrogen and oxygen atoms in total. The molecule has 0 bridgehead atoms. The van der Waals surface area contributed by atoms with Crippen molar-refractivity contribution in [3.05, 3.63) is 0 Å². The number of hydrogen-bond donors (Lipinski definition) is 0. The summed E-state index contributed by atoms with van der Waals surface area (Å²) < 4.78 is 0. The quantitative estimate of drug-likeness (QED) is 0.249. The van der Waals surface area contributed by atoms with Crippen molar-refractivity contribution >= 4 is 14.9 Å². The van der Waals surface area contributed by atoms with Crippen molar-refractivity contribution in [2.75, 3.05) is 0 Å². The molecule has 0 aromatic carbocycles. The average molecular weight is 63.7 g/mol. The Kier molecular flexibility index (Phi) is 3.46. The van der Waals surface area contributed by atoms with E-state index in [-0.39, 0.29) is 0 Å². The summed E-state index contributed by atoms with van der Waals surface area (Å²) in [5.74, 6) is 5.63. The molecule has 24 valence electrons. The summed E-state index contributed by atoms with van der Waals surface area (Å²) in [5, 5.41) is 0. The van der Waals surface area contributed by atoms with Gasteiger partial charge in [0, 0.05) is 0 Å². The van der Waals surface area contributed by atoms with Gasteiger partial charge in [-0.05, 0) is 6.92 Å². The highest BCUT2D eigenvalue weighted by Crippen LogP contribution is 1.39. The van der Waals surface area contributed by atoms with E-state index >= 15 is 0 Å². The Labute approximate surface area is 34.6 Å². The second-order valence-electron chi connectivity index (χ2n) is 0.780. The fourth-order valence-corrected chi connectivity index (χ4v) is 0.177. The van der Waals surface area contributed by atoms with E-state index in [1.54, 1.807) is 0 Å². The van der Waals surface area contributed by atoms with Crippen molar-refractivity contribution in [3.8, 4) is 11.7 Å². The fourth-order valence-electron chi connectivity index (χ4n) is 0.177. The van der Waals surface area contributed by atoms with Crippen molar-refractivity contribution in [3.63, 3.8) is 0 Å². The summed E-state index contributed by atoms with van der Waals surface area (Å²) in [4.78, 5) is 0. The van der Waals surface area contributed by atoms with Crippen molar-refractivity contribution in [1.29, 1.82) is 0 Å². The van der Waals surface area contributed by atoms with Crippen LogP contribution in [0.3, 0.4) is 0 Å². The molecule has 0 saturated carbocycles. The lowest BCUT2D eigenvalue weighted by atomic mass is 9.57. The molecule has 0 unspecified atom stereocenters. The van der Waals surface area contributed by atoms with Gasteiger partial charge in [-0.2, -0.15) is 5.82 Å². The first kappa shape index (κ1) is 4.69. The molecule has 0 aromatic rings. The van der Waals surface area contributed by atoms with Crippen molar-refractivity contribution < 1.29 is 0 Å². The van der Waals surface area contributed by atoms with E-state index in [2.05, 4.69) is 11.7 Å². The molecule has 0 spiro atoms. The van der Waals surface area contributed by atoms with E-state index in [4.69, 9.17) is 0 Å². The maximum Gasteiger partial charge on any atom is 0.172 e. The first-order valence-electron chi connectivity index (χ1n) is 1.81. The fraction of sp³-hybridized carbons (Fsp3) is 0.333. The van der Waals surface area contributed by atoms with Gasteiger partial charge in [0.05, 0.1) is 7.74 Å². The van der Waals surface area contributed by atoms with Gasteiger partial charge < -0.3 is 0 Å². The minimum absolute atomic E-state index is 0.983. The highest BCUT2D eigenvalue weighted by molar-refractivity contribution is 6.94. The molecule has 0 atom stereocenters. The summed E-state index contributed by atoms with van der Waals surface area (Å²) in [6.45, 7) is 1.85. The Hall–Kier alpha value is -0.310. The Bertz CT molecular complexity index is 57.0. The zero-order valence-electron chi connectivity index (χ0n) is 3.71. The molecule has 0 radical (unpaired) electrons. The van der Waals surface area contributed by atoms with Crippen LogP contribution in [0.4, 0.5) is 0 Å². The first-order chi connectivity index (χ1) is 2.41. The first-order valence-corrected chi connectivity index (χ1v) is 1.81. The molecule has 0 aliphatic rings. The van der Waals surface area contributed by atoms with Gasteiger partial charge in [0.25, 0.3) is 0 Å². The Morgan fingerprint density at radius 3 is 2.40 bits per heavy atom. The van der Waals surface area contributed by atoms with E-state index in [9.17, 15) is 0 Å². The molecule has 0 fully saturated rings. The minimum Gasteiger partial charge on any atom is -0.171 e. The predicted molar refractivity (Wildman–Crippen MR) is 29.1 cm³/mol. The molecule has 5 heavy (non-hydrogen) atoms. The normalized spacial score (nSPS) is 4.20. The average Bonchev–Trinajstić information content (AvgIpc) is 1.41. The molecule has 0 aliphatic heterocycles. The van der Waals surface area contributed by atoms with Gasteiger partial charge in [-0.1, -0.05) is 0 Å². The van der Waals surface area contributed by atoms with Crippen molar-refractivity contribution in [1.82, 2.24) is 0 Å². The van der Waals surface area contributed by atoms with Crippen LogP contribution in [0.15, 0.2) is 0 Å². The summed E-state index contributed by atoms with van der Waals surface area (Å²) in [5.41, 5.74) is 0.